The minimum absolute atomic E-state index is 0.124. The number of alkyl halides is 6. The van der Waals surface area contributed by atoms with Crippen molar-refractivity contribution in [2.24, 2.45) is 35.5 Å². The van der Waals surface area contributed by atoms with Crippen molar-refractivity contribution in [1.82, 2.24) is 0 Å². The number of rotatable bonds is 15. The lowest BCUT2D eigenvalue weighted by atomic mass is 9.68. The van der Waals surface area contributed by atoms with Gasteiger partial charge in [0.15, 0.2) is 0 Å². The van der Waals surface area contributed by atoms with Crippen molar-refractivity contribution in [2.45, 2.75) is 199 Å². The van der Waals surface area contributed by atoms with E-state index in [4.69, 9.17) is 0 Å². The molecule has 4 fully saturated rings. The molecule has 4 aliphatic rings. The third-order valence-corrected chi connectivity index (χ3v) is 14.5. The highest BCUT2D eigenvalue weighted by Gasteiger charge is 2.34. The van der Waals surface area contributed by atoms with Crippen LogP contribution in [-0.4, -0.2) is 12.7 Å². The Kier molecular flexibility index (Phi) is 18.3. The molecule has 0 N–H and O–H groups in total. The first-order chi connectivity index (χ1) is 27.4. The molecule has 57 heavy (non-hydrogen) atoms. The van der Waals surface area contributed by atoms with E-state index in [0.29, 0.717) is 11.8 Å². The second-order valence-corrected chi connectivity index (χ2v) is 18.4. The minimum atomic E-state index is -4.62. The quantitative estimate of drug-likeness (QED) is 0.132. The number of unbranched alkanes of at least 4 members (excludes halogenated alkanes) is 5. The average molecular weight is 807 g/mol. The van der Waals surface area contributed by atoms with Gasteiger partial charge >= 0.3 is 12.7 Å². The van der Waals surface area contributed by atoms with E-state index < -0.39 is 12.7 Å². The van der Waals surface area contributed by atoms with Crippen molar-refractivity contribution >= 4 is 0 Å². The fourth-order valence-corrected chi connectivity index (χ4v) is 11.2. The van der Waals surface area contributed by atoms with Crippen LogP contribution in [0.3, 0.4) is 0 Å². The van der Waals surface area contributed by atoms with Crippen LogP contribution >= 0.6 is 0 Å². The van der Waals surface area contributed by atoms with Crippen molar-refractivity contribution in [1.29, 1.82) is 0 Å². The summed E-state index contributed by atoms with van der Waals surface area (Å²) in [5.41, 5.74) is 2.32. The molecule has 4 saturated carbocycles. The Bertz CT molecular complexity index is 1360. The van der Waals surface area contributed by atoms with Gasteiger partial charge in [0.1, 0.15) is 11.5 Å². The molecule has 0 heterocycles. The molecule has 0 atom stereocenters. The smallest absolute Gasteiger partial charge is 0.406 e. The minimum Gasteiger partial charge on any atom is -0.406 e. The zero-order valence-electron chi connectivity index (χ0n) is 35.0. The van der Waals surface area contributed by atoms with E-state index in [1.165, 1.54) is 185 Å². The second kappa shape index (κ2) is 22.8. The Morgan fingerprint density at radius 1 is 0.404 bits per heavy atom. The van der Waals surface area contributed by atoms with Gasteiger partial charge in [-0.3, -0.25) is 0 Å². The first-order valence-corrected chi connectivity index (χ1v) is 23.1. The molecule has 0 aromatic heterocycles. The van der Waals surface area contributed by atoms with Crippen LogP contribution in [0.25, 0.3) is 0 Å². The largest absolute Gasteiger partial charge is 0.573 e. The molecule has 8 heteroatoms. The van der Waals surface area contributed by atoms with E-state index in [0.717, 1.165) is 46.6 Å². The molecule has 2 aromatic rings. The van der Waals surface area contributed by atoms with E-state index in [2.05, 4.69) is 23.3 Å². The standard InChI is InChI=1S/C25H37F3O.C24H35F3O/c1-2-3-4-5-6-19-7-9-20(10-8-19)21-11-13-22(14-12-21)23-15-17-24(18-16-23)29-25(26,27)28;1-2-3-4-5-18-6-8-19(9-7-18)20-10-12-21(13-11-20)22-14-16-23(17-15-22)28-24(25,26)27/h15-22H,2-14H2,1H3;14-21H,2-13H2,1H3. The van der Waals surface area contributed by atoms with Crippen LogP contribution in [0.15, 0.2) is 48.5 Å². The maximum absolute atomic E-state index is 12.3. The van der Waals surface area contributed by atoms with Crippen molar-refractivity contribution in [2.75, 3.05) is 0 Å². The highest BCUT2D eigenvalue weighted by Crippen LogP contribution is 2.46. The molecule has 4 aliphatic carbocycles. The van der Waals surface area contributed by atoms with Crippen molar-refractivity contribution in [3.8, 4) is 11.5 Å². The zero-order valence-corrected chi connectivity index (χ0v) is 35.0. The van der Waals surface area contributed by atoms with Gasteiger partial charge in [-0.1, -0.05) is 122 Å². The summed E-state index contributed by atoms with van der Waals surface area (Å²) in [6.45, 7) is 4.55. The molecule has 6 rings (SSSR count). The maximum atomic E-state index is 12.3. The highest BCUT2D eigenvalue weighted by atomic mass is 19.4. The van der Waals surface area contributed by atoms with Crippen LogP contribution in [0.1, 0.15) is 197 Å². The Balaban J connectivity index is 0.000000218. The van der Waals surface area contributed by atoms with Gasteiger partial charge in [0, 0.05) is 0 Å². The van der Waals surface area contributed by atoms with E-state index in [1.807, 2.05) is 24.3 Å². The van der Waals surface area contributed by atoms with Gasteiger partial charge in [-0.25, -0.2) is 0 Å². The summed E-state index contributed by atoms with van der Waals surface area (Å²) >= 11 is 0. The first kappa shape index (κ1) is 45.7. The van der Waals surface area contributed by atoms with Crippen LogP contribution < -0.4 is 9.47 Å². The lowest BCUT2D eigenvalue weighted by molar-refractivity contribution is -0.275. The second-order valence-electron chi connectivity index (χ2n) is 18.4. The lowest BCUT2D eigenvalue weighted by Gasteiger charge is -2.38. The number of benzene rings is 2. The summed E-state index contributed by atoms with van der Waals surface area (Å²) in [5.74, 6) is 6.20. The van der Waals surface area contributed by atoms with Crippen molar-refractivity contribution in [3.05, 3.63) is 59.7 Å². The lowest BCUT2D eigenvalue weighted by Crippen LogP contribution is -2.25. The summed E-state index contributed by atoms with van der Waals surface area (Å²) < 4.78 is 81.8. The topological polar surface area (TPSA) is 18.5 Å². The normalized spacial score (nSPS) is 28.6. The number of ether oxygens (including phenoxy) is 2. The predicted octanol–water partition coefficient (Wildman–Crippen LogP) is 16.9. The van der Waals surface area contributed by atoms with Crippen LogP contribution in [0.2, 0.25) is 0 Å². The molecule has 0 spiro atoms. The summed E-state index contributed by atoms with van der Waals surface area (Å²) in [6, 6.07) is 13.1. The summed E-state index contributed by atoms with van der Waals surface area (Å²) in [5, 5.41) is 0. The average Bonchev–Trinajstić information content (AvgIpc) is 3.20. The van der Waals surface area contributed by atoms with E-state index in [9.17, 15) is 26.3 Å². The SMILES string of the molecule is CCCCCC1CCC(C2CCC(c3ccc(OC(F)(F)F)cc3)CC2)CC1.CCCCCCC1CCC(C2CCC(c3ccc(OC(F)(F)F)cc3)CC2)CC1. The molecule has 2 nitrogen and oxygen atoms in total. The van der Waals surface area contributed by atoms with Gasteiger partial charge in [0.05, 0.1) is 0 Å². The van der Waals surface area contributed by atoms with Gasteiger partial charge in [-0.2, -0.15) is 0 Å². The van der Waals surface area contributed by atoms with Crippen LogP contribution in [0.5, 0.6) is 11.5 Å². The van der Waals surface area contributed by atoms with Crippen LogP contribution in [-0.2, 0) is 0 Å². The fraction of sp³-hybridized carbons (Fsp3) is 0.755. The Morgan fingerprint density at radius 3 is 1.02 bits per heavy atom. The number of hydrogen-bond donors (Lipinski definition) is 0. The fourth-order valence-electron chi connectivity index (χ4n) is 11.2. The van der Waals surface area contributed by atoms with Crippen LogP contribution in [0, 0.1) is 35.5 Å². The molecule has 2 aromatic carbocycles. The van der Waals surface area contributed by atoms with Gasteiger partial charge in [0.2, 0.25) is 0 Å². The molecule has 0 radical (unpaired) electrons. The maximum Gasteiger partial charge on any atom is 0.573 e. The number of hydrogen-bond acceptors (Lipinski definition) is 2. The van der Waals surface area contributed by atoms with Crippen LogP contribution in [0.4, 0.5) is 26.3 Å². The van der Waals surface area contributed by atoms with Gasteiger partial charge in [0.25, 0.3) is 0 Å². The summed E-state index contributed by atoms with van der Waals surface area (Å²) in [4.78, 5) is 0. The van der Waals surface area contributed by atoms with Gasteiger partial charge in [-0.15, -0.1) is 26.3 Å². The predicted molar refractivity (Wildman–Crippen MR) is 219 cm³/mol. The molecular weight excluding hydrogens is 735 g/mol. The van der Waals surface area contributed by atoms with Crippen molar-refractivity contribution < 1.29 is 35.8 Å². The van der Waals surface area contributed by atoms with E-state index >= 15 is 0 Å². The third-order valence-electron chi connectivity index (χ3n) is 14.5. The Morgan fingerprint density at radius 2 is 0.702 bits per heavy atom. The molecular formula is C49H72F6O2. The van der Waals surface area contributed by atoms with E-state index in [1.54, 1.807) is 0 Å². The molecule has 0 aliphatic heterocycles. The molecule has 0 unspecified atom stereocenters. The summed E-state index contributed by atoms with van der Waals surface area (Å²) in [7, 11) is 0. The number of halogens is 6. The molecule has 0 bridgehead atoms. The van der Waals surface area contributed by atoms with Gasteiger partial charge in [-0.05, 0) is 160 Å². The summed E-state index contributed by atoms with van der Waals surface area (Å²) in [6.07, 6.45) is 24.4. The Hall–Kier alpha value is -2.38. The van der Waals surface area contributed by atoms with Gasteiger partial charge < -0.3 is 9.47 Å². The molecule has 0 saturated heterocycles. The third kappa shape index (κ3) is 16.0. The Labute approximate surface area is 340 Å². The monoisotopic (exact) mass is 807 g/mol. The molecule has 322 valence electrons. The van der Waals surface area contributed by atoms with E-state index in [-0.39, 0.29) is 11.5 Å². The zero-order chi connectivity index (χ0) is 40.7. The highest BCUT2D eigenvalue weighted by molar-refractivity contribution is 5.31. The van der Waals surface area contributed by atoms with Crippen molar-refractivity contribution in [3.63, 3.8) is 0 Å². The first-order valence-electron chi connectivity index (χ1n) is 23.1. The molecule has 0 amide bonds.